The minimum Gasteiger partial charge on any atom is -0.291 e. The molecule has 0 amide bonds. The van der Waals surface area contributed by atoms with E-state index in [4.69, 9.17) is 9.59 Å². The van der Waals surface area contributed by atoms with Gasteiger partial charge in [0.15, 0.2) is 5.82 Å². The van der Waals surface area contributed by atoms with Crippen LogP contribution in [0.25, 0.3) is 10.9 Å². The van der Waals surface area contributed by atoms with E-state index < -0.39 is 17.4 Å². The topological polar surface area (TPSA) is 69.0 Å². The Bertz CT molecular complexity index is 1080. The van der Waals surface area contributed by atoms with Crippen molar-refractivity contribution in [1.82, 2.24) is 9.55 Å². The van der Waals surface area contributed by atoms with E-state index in [-0.39, 0.29) is 21.8 Å². The molecule has 0 N–H and O–H groups in total. The van der Waals surface area contributed by atoms with Crippen molar-refractivity contribution < 1.29 is 18.4 Å². The largest absolute Gasteiger partial charge is 0.373 e. The highest BCUT2D eigenvalue weighted by Crippen LogP contribution is 2.26. The standard InChI is InChI=1S/C18H15BrF2N2O.CO2/c1-3-15(12-8-11(20)5-4-10(12)2)23-9-22-14-7-6-13(19)17(21)16(14)18(23)24;2-1-3/h4-9,15H,3H2,1-2H3;. The Morgan fingerprint density at radius 2 is 1.89 bits per heavy atom. The predicted octanol–water partition coefficient (Wildman–Crippen LogP) is 4.16. The summed E-state index contributed by atoms with van der Waals surface area (Å²) in [4.78, 5) is 33.3. The molecule has 0 aliphatic carbocycles. The molecule has 27 heavy (non-hydrogen) atoms. The lowest BCUT2D eigenvalue weighted by molar-refractivity contribution is -0.191. The van der Waals surface area contributed by atoms with Crippen molar-refractivity contribution in [2.45, 2.75) is 26.3 Å². The number of rotatable bonds is 3. The third-order valence-corrected chi connectivity index (χ3v) is 4.78. The quantitative estimate of drug-likeness (QED) is 0.617. The van der Waals surface area contributed by atoms with Crippen molar-refractivity contribution in [2.24, 2.45) is 0 Å². The van der Waals surface area contributed by atoms with Gasteiger partial charge >= 0.3 is 6.15 Å². The molecule has 0 fully saturated rings. The number of benzene rings is 2. The summed E-state index contributed by atoms with van der Waals surface area (Å²) in [5.74, 6) is -1.00. The molecule has 0 spiro atoms. The number of aromatic nitrogens is 2. The van der Waals surface area contributed by atoms with Crippen LogP contribution < -0.4 is 5.56 Å². The Kier molecular flexibility index (Phi) is 6.71. The van der Waals surface area contributed by atoms with E-state index >= 15 is 0 Å². The van der Waals surface area contributed by atoms with Gasteiger partial charge < -0.3 is 0 Å². The van der Waals surface area contributed by atoms with E-state index in [2.05, 4.69) is 20.9 Å². The van der Waals surface area contributed by atoms with Crippen LogP contribution in [-0.4, -0.2) is 15.7 Å². The Labute approximate surface area is 161 Å². The number of halogens is 3. The fourth-order valence-electron chi connectivity index (χ4n) is 2.92. The minimum atomic E-state index is -0.634. The lowest BCUT2D eigenvalue weighted by Crippen LogP contribution is -2.27. The zero-order valence-corrected chi connectivity index (χ0v) is 16.1. The van der Waals surface area contributed by atoms with Crippen molar-refractivity contribution >= 4 is 33.0 Å². The number of aryl methyl sites for hydroxylation is 1. The zero-order valence-electron chi connectivity index (χ0n) is 14.5. The van der Waals surface area contributed by atoms with E-state index in [0.717, 1.165) is 5.56 Å². The third-order valence-electron chi connectivity index (χ3n) is 4.17. The van der Waals surface area contributed by atoms with E-state index in [1.807, 2.05) is 13.8 Å². The normalized spacial score (nSPS) is 11.4. The Hall–Kier alpha value is -2.70. The number of nitrogens with zero attached hydrogens (tertiary/aromatic N) is 2. The molecule has 140 valence electrons. The Morgan fingerprint density at radius 3 is 2.52 bits per heavy atom. The molecule has 8 heteroatoms. The maximum atomic E-state index is 14.4. The van der Waals surface area contributed by atoms with Gasteiger partial charge in [-0.3, -0.25) is 9.36 Å². The molecule has 1 aromatic heterocycles. The monoisotopic (exact) mass is 436 g/mol. The van der Waals surface area contributed by atoms with Crippen LogP contribution in [0.4, 0.5) is 8.78 Å². The molecule has 0 aliphatic rings. The molecule has 1 unspecified atom stereocenters. The average molecular weight is 437 g/mol. The molecular weight excluding hydrogens is 422 g/mol. The first-order chi connectivity index (χ1) is 12.8. The average Bonchev–Trinajstić information content (AvgIpc) is 2.64. The molecule has 5 nitrogen and oxygen atoms in total. The van der Waals surface area contributed by atoms with Gasteiger partial charge in [0.25, 0.3) is 5.56 Å². The summed E-state index contributed by atoms with van der Waals surface area (Å²) in [7, 11) is 0. The maximum Gasteiger partial charge on any atom is 0.373 e. The van der Waals surface area contributed by atoms with Crippen molar-refractivity contribution in [1.29, 1.82) is 0 Å². The summed E-state index contributed by atoms with van der Waals surface area (Å²) >= 11 is 3.09. The van der Waals surface area contributed by atoms with Crippen LogP contribution in [0.5, 0.6) is 0 Å². The fourth-order valence-corrected chi connectivity index (χ4v) is 3.25. The highest BCUT2D eigenvalue weighted by Gasteiger charge is 2.19. The highest BCUT2D eigenvalue weighted by atomic mass is 79.9. The number of fused-ring (bicyclic) bond motifs is 1. The van der Waals surface area contributed by atoms with Crippen molar-refractivity contribution in [3.8, 4) is 0 Å². The summed E-state index contributed by atoms with van der Waals surface area (Å²) in [5, 5.41) is -0.0700. The molecule has 0 aliphatic heterocycles. The molecule has 3 aromatic rings. The summed E-state index contributed by atoms with van der Waals surface area (Å²) < 4.78 is 29.6. The summed E-state index contributed by atoms with van der Waals surface area (Å²) in [5.41, 5.74) is 1.37. The SMILES string of the molecule is CCC(c1cc(F)ccc1C)n1cnc2ccc(Br)c(F)c2c1=O.O=C=O. The molecule has 2 aromatic carbocycles. The first-order valence-electron chi connectivity index (χ1n) is 7.95. The lowest BCUT2D eigenvalue weighted by Gasteiger charge is -2.21. The van der Waals surface area contributed by atoms with Crippen LogP contribution in [0, 0.1) is 18.6 Å². The number of carbonyl (C=O) groups excluding carboxylic acids is 2. The van der Waals surface area contributed by atoms with E-state index in [1.165, 1.54) is 29.1 Å². The van der Waals surface area contributed by atoms with Gasteiger partial charge in [-0.2, -0.15) is 9.59 Å². The van der Waals surface area contributed by atoms with Crippen LogP contribution in [-0.2, 0) is 9.59 Å². The Morgan fingerprint density at radius 1 is 1.22 bits per heavy atom. The minimum absolute atomic E-state index is 0.0700. The molecule has 0 saturated heterocycles. The van der Waals surface area contributed by atoms with Gasteiger partial charge in [0, 0.05) is 0 Å². The van der Waals surface area contributed by atoms with E-state index in [0.29, 0.717) is 17.5 Å². The number of hydrogen-bond acceptors (Lipinski definition) is 4. The molecule has 0 bridgehead atoms. The van der Waals surface area contributed by atoms with Crippen LogP contribution in [0.1, 0.15) is 30.5 Å². The van der Waals surface area contributed by atoms with E-state index in [9.17, 15) is 13.6 Å². The van der Waals surface area contributed by atoms with Crippen LogP contribution in [0.15, 0.2) is 45.9 Å². The van der Waals surface area contributed by atoms with Gasteiger partial charge in [0.2, 0.25) is 0 Å². The third kappa shape index (κ3) is 4.18. The van der Waals surface area contributed by atoms with Gasteiger partial charge in [0.1, 0.15) is 11.2 Å². The second kappa shape index (κ2) is 8.79. The van der Waals surface area contributed by atoms with E-state index in [1.54, 1.807) is 12.1 Å². The highest BCUT2D eigenvalue weighted by molar-refractivity contribution is 9.10. The fraction of sp³-hybridized carbons (Fsp3) is 0.211. The summed E-state index contributed by atoms with van der Waals surface area (Å²) in [6.07, 6.45) is 2.20. The molecule has 0 saturated carbocycles. The molecular formula is C19H15BrF2N2O3. The van der Waals surface area contributed by atoms with Crippen molar-refractivity contribution in [3.05, 3.63) is 74.2 Å². The maximum absolute atomic E-state index is 14.4. The zero-order chi connectivity index (χ0) is 20.1. The predicted molar refractivity (Wildman–Crippen MR) is 98.2 cm³/mol. The van der Waals surface area contributed by atoms with Crippen LogP contribution >= 0.6 is 15.9 Å². The van der Waals surface area contributed by atoms with Crippen LogP contribution in [0.2, 0.25) is 0 Å². The van der Waals surface area contributed by atoms with Crippen molar-refractivity contribution in [3.63, 3.8) is 0 Å². The van der Waals surface area contributed by atoms with Crippen molar-refractivity contribution in [2.75, 3.05) is 0 Å². The van der Waals surface area contributed by atoms with Crippen LogP contribution in [0.3, 0.4) is 0 Å². The summed E-state index contributed by atoms with van der Waals surface area (Å²) in [6.45, 7) is 3.75. The second-order valence-electron chi connectivity index (χ2n) is 5.72. The second-order valence-corrected chi connectivity index (χ2v) is 6.58. The van der Waals surface area contributed by atoms with Gasteiger partial charge in [-0.1, -0.05) is 13.0 Å². The first-order valence-corrected chi connectivity index (χ1v) is 8.75. The summed E-state index contributed by atoms with van der Waals surface area (Å²) in [6, 6.07) is 7.15. The molecule has 1 atom stereocenters. The van der Waals surface area contributed by atoms with Gasteiger partial charge in [-0.15, -0.1) is 0 Å². The molecule has 1 heterocycles. The Balaban J connectivity index is 0.000000817. The smallest absolute Gasteiger partial charge is 0.291 e. The van der Waals surface area contributed by atoms with Gasteiger partial charge in [-0.25, -0.2) is 13.8 Å². The molecule has 0 radical (unpaired) electrons. The first kappa shape index (κ1) is 20.6. The van der Waals surface area contributed by atoms with Gasteiger partial charge in [-0.05, 0) is 64.7 Å². The number of hydrogen-bond donors (Lipinski definition) is 0. The molecule has 3 rings (SSSR count). The van der Waals surface area contributed by atoms with Gasteiger partial charge in [0.05, 0.1) is 22.4 Å². The lowest BCUT2D eigenvalue weighted by atomic mass is 9.98.